The lowest BCUT2D eigenvalue weighted by atomic mass is 10.1. The van der Waals surface area contributed by atoms with Crippen molar-refractivity contribution in [2.75, 3.05) is 7.11 Å². The molecule has 4 heteroatoms. The van der Waals surface area contributed by atoms with E-state index in [9.17, 15) is 4.79 Å². The highest BCUT2D eigenvalue weighted by molar-refractivity contribution is 5.78. The normalized spacial score (nSPS) is 9.78. The van der Waals surface area contributed by atoms with Crippen LogP contribution in [0.25, 0.3) is 0 Å². The Kier molecular flexibility index (Phi) is 6.49. The van der Waals surface area contributed by atoms with Crippen molar-refractivity contribution in [3.8, 4) is 11.8 Å². The summed E-state index contributed by atoms with van der Waals surface area (Å²) in [6, 6.07) is 5.83. The van der Waals surface area contributed by atoms with Gasteiger partial charge in [-0.1, -0.05) is 0 Å². The molecule has 0 unspecified atom stereocenters. The molecule has 0 fully saturated rings. The molecule has 1 aromatic heterocycles. The van der Waals surface area contributed by atoms with Crippen molar-refractivity contribution >= 4 is 5.78 Å². The lowest BCUT2D eigenvalue weighted by Gasteiger charge is -2.02. The number of unbranched alkanes of at least 4 members (excludes halogenated alkanes) is 1. The zero-order valence-electron chi connectivity index (χ0n) is 10.7. The molecule has 0 amide bonds. The highest BCUT2D eigenvalue weighted by Gasteiger charge is 2.03. The number of nitrogens with zero attached hydrogens (tertiary/aromatic N) is 2. The number of aryl methyl sites for hydroxylation is 1. The maximum atomic E-state index is 11.5. The van der Waals surface area contributed by atoms with Gasteiger partial charge in [-0.05, 0) is 31.4 Å². The van der Waals surface area contributed by atoms with Crippen LogP contribution < -0.4 is 4.74 Å². The quantitative estimate of drug-likeness (QED) is 0.661. The third kappa shape index (κ3) is 5.44. The number of hydrogen-bond acceptors (Lipinski definition) is 4. The van der Waals surface area contributed by atoms with Gasteiger partial charge in [0.25, 0.3) is 0 Å². The predicted molar refractivity (Wildman–Crippen MR) is 68.2 cm³/mol. The van der Waals surface area contributed by atoms with Gasteiger partial charge in [0, 0.05) is 25.0 Å². The largest absolute Gasteiger partial charge is 0.495 e. The number of carbonyl (C=O) groups is 1. The maximum absolute atomic E-state index is 11.5. The Morgan fingerprint density at radius 2 is 2.17 bits per heavy atom. The van der Waals surface area contributed by atoms with E-state index in [0.29, 0.717) is 25.7 Å². The molecular formula is C14H18N2O2. The molecule has 0 bridgehead atoms. The first-order valence-corrected chi connectivity index (χ1v) is 6.14. The summed E-state index contributed by atoms with van der Waals surface area (Å²) >= 11 is 0. The summed E-state index contributed by atoms with van der Waals surface area (Å²) in [6.07, 6.45) is 5.52. The molecule has 0 spiro atoms. The van der Waals surface area contributed by atoms with Gasteiger partial charge in [0.05, 0.1) is 19.4 Å². The van der Waals surface area contributed by atoms with Crippen LogP contribution in [0.5, 0.6) is 5.75 Å². The second-order valence-electron chi connectivity index (χ2n) is 4.09. The summed E-state index contributed by atoms with van der Waals surface area (Å²) in [5.74, 6) is 0.977. The molecule has 0 saturated heterocycles. The maximum Gasteiger partial charge on any atom is 0.137 e. The monoisotopic (exact) mass is 246 g/mol. The minimum absolute atomic E-state index is 0.235. The number of aromatic nitrogens is 1. The molecule has 4 nitrogen and oxygen atoms in total. The van der Waals surface area contributed by atoms with E-state index in [1.807, 2.05) is 18.2 Å². The Labute approximate surface area is 108 Å². The third-order valence-corrected chi connectivity index (χ3v) is 2.67. The van der Waals surface area contributed by atoms with Gasteiger partial charge in [0.1, 0.15) is 11.5 Å². The molecule has 0 aliphatic rings. The van der Waals surface area contributed by atoms with Crippen LogP contribution >= 0.6 is 0 Å². The summed E-state index contributed by atoms with van der Waals surface area (Å²) in [5.41, 5.74) is 0.973. The van der Waals surface area contributed by atoms with Crippen LogP contribution in [-0.2, 0) is 11.2 Å². The number of pyridine rings is 1. The van der Waals surface area contributed by atoms with E-state index in [1.165, 1.54) is 0 Å². The fourth-order valence-corrected chi connectivity index (χ4v) is 1.64. The number of carbonyl (C=O) groups excluding carboxylic acids is 1. The molecule has 0 aromatic carbocycles. The first-order chi connectivity index (χ1) is 8.76. The van der Waals surface area contributed by atoms with E-state index in [1.54, 1.807) is 13.3 Å². The number of Topliss-reactive ketones (excluding diaryl/α,β-unsaturated/α-hetero) is 1. The summed E-state index contributed by atoms with van der Waals surface area (Å²) in [5, 5.41) is 8.37. The van der Waals surface area contributed by atoms with Crippen molar-refractivity contribution in [3.05, 3.63) is 24.0 Å². The Balaban J connectivity index is 2.20. The van der Waals surface area contributed by atoms with E-state index in [-0.39, 0.29) is 5.78 Å². The van der Waals surface area contributed by atoms with Crippen molar-refractivity contribution < 1.29 is 9.53 Å². The number of ether oxygens (including phenoxy) is 1. The second kappa shape index (κ2) is 8.24. The van der Waals surface area contributed by atoms with Gasteiger partial charge in [0.15, 0.2) is 0 Å². The minimum atomic E-state index is 0.235. The molecule has 0 aliphatic carbocycles. The fourth-order valence-electron chi connectivity index (χ4n) is 1.64. The van der Waals surface area contributed by atoms with E-state index in [0.717, 1.165) is 24.3 Å². The van der Waals surface area contributed by atoms with E-state index in [4.69, 9.17) is 10.00 Å². The fraction of sp³-hybridized carbons (Fsp3) is 0.500. The molecule has 1 aromatic rings. The van der Waals surface area contributed by atoms with Crippen molar-refractivity contribution in [2.24, 2.45) is 0 Å². The molecule has 0 saturated carbocycles. The van der Waals surface area contributed by atoms with Gasteiger partial charge in [-0.2, -0.15) is 5.26 Å². The average Bonchev–Trinajstić information content (AvgIpc) is 2.40. The first-order valence-electron chi connectivity index (χ1n) is 6.14. The average molecular weight is 246 g/mol. The SMILES string of the molecule is COc1ccc(CCCC(=O)CCCC#N)nc1. The summed E-state index contributed by atoms with van der Waals surface area (Å²) in [6.45, 7) is 0. The van der Waals surface area contributed by atoms with E-state index in [2.05, 4.69) is 4.98 Å². The van der Waals surface area contributed by atoms with Crippen LogP contribution in [-0.4, -0.2) is 17.9 Å². The molecule has 96 valence electrons. The predicted octanol–water partition coefficient (Wildman–Crippen LogP) is 2.68. The molecule has 0 N–H and O–H groups in total. The summed E-state index contributed by atoms with van der Waals surface area (Å²) < 4.78 is 5.02. The molecule has 1 heterocycles. The van der Waals surface area contributed by atoms with Crippen LogP contribution in [0.1, 0.15) is 37.8 Å². The summed E-state index contributed by atoms with van der Waals surface area (Å²) in [4.78, 5) is 15.7. The molecule has 0 atom stereocenters. The number of hydrogen-bond donors (Lipinski definition) is 0. The van der Waals surface area contributed by atoms with E-state index < -0.39 is 0 Å². The van der Waals surface area contributed by atoms with Crippen molar-refractivity contribution in [2.45, 2.75) is 38.5 Å². The molecular weight excluding hydrogens is 228 g/mol. The Morgan fingerprint density at radius 1 is 1.39 bits per heavy atom. The highest BCUT2D eigenvalue weighted by Crippen LogP contribution is 2.10. The molecule has 1 rings (SSSR count). The minimum Gasteiger partial charge on any atom is -0.495 e. The molecule has 18 heavy (non-hydrogen) atoms. The summed E-state index contributed by atoms with van der Waals surface area (Å²) in [7, 11) is 1.61. The standard InChI is InChI=1S/C14H18N2O2/c1-18-14-9-8-12(16-11-14)5-4-7-13(17)6-2-3-10-15/h8-9,11H,2-7H2,1H3. The highest BCUT2D eigenvalue weighted by atomic mass is 16.5. The smallest absolute Gasteiger partial charge is 0.137 e. The zero-order valence-corrected chi connectivity index (χ0v) is 10.7. The molecule has 0 aliphatic heterocycles. The molecule has 0 radical (unpaired) electrons. The number of methoxy groups -OCH3 is 1. The van der Waals surface area contributed by atoms with Gasteiger partial charge in [-0.3, -0.25) is 9.78 Å². The van der Waals surface area contributed by atoms with Crippen LogP contribution in [0.4, 0.5) is 0 Å². The van der Waals surface area contributed by atoms with Gasteiger partial charge in [0.2, 0.25) is 0 Å². The topological polar surface area (TPSA) is 63.0 Å². The van der Waals surface area contributed by atoms with Gasteiger partial charge < -0.3 is 4.74 Å². The Bertz CT molecular complexity index is 407. The third-order valence-electron chi connectivity index (χ3n) is 2.67. The van der Waals surface area contributed by atoms with Crippen LogP contribution in [0.2, 0.25) is 0 Å². The number of ketones is 1. The second-order valence-corrected chi connectivity index (χ2v) is 4.09. The van der Waals surface area contributed by atoms with Crippen molar-refractivity contribution in [3.63, 3.8) is 0 Å². The van der Waals surface area contributed by atoms with Gasteiger partial charge in [-0.15, -0.1) is 0 Å². The number of rotatable bonds is 8. The Hall–Kier alpha value is -1.89. The first kappa shape index (κ1) is 14.2. The lowest BCUT2D eigenvalue weighted by Crippen LogP contribution is -1.99. The van der Waals surface area contributed by atoms with Crippen LogP contribution in [0.15, 0.2) is 18.3 Å². The lowest BCUT2D eigenvalue weighted by molar-refractivity contribution is -0.119. The van der Waals surface area contributed by atoms with Crippen molar-refractivity contribution in [1.82, 2.24) is 4.98 Å². The van der Waals surface area contributed by atoms with Crippen LogP contribution in [0, 0.1) is 11.3 Å². The van der Waals surface area contributed by atoms with Gasteiger partial charge >= 0.3 is 0 Å². The van der Waals surface area contributed by atoms with Crippen LogP contribution in [0.3, 0.4) is 0 Å². The van der Waals surface area contributed by atoms with Gasteiger partial charge in [-0.25, -0.2) is 0 Å². The van der Waals surface area contributed by atoms with Crippen molar-refractivity contribution in [1.29, 1.82) is 5.26 Å². The zero-order chi connectivity index (χ0) is 13.2. The van der Waals surface area contributed by atoms with E-state index >= 15 is 0 Å². The number of nitriles is 1. The Morgan fingerprint density at radius 3 is 2.78 bits per heavy atom.